The smallest absolute Gasteiger partial charge is 0.306 e. The van der Waals surface area contributed by atoms with Gasteiger partial charge in [0.15, 0.2) is 6.29 Å². The van der Waals surface area contributed by atoms with E-state index in [4.69, 9.17) is 18.9 Å². The Balaban J connectivity index is 2.25. The maximum Gasteiger partial charge on any atom is 0.306 e. The van der Waals surface area contributed by atoms with E-state index < -0.39 is 43.4 Å². The summed E-state index contributed by atoms with van der Waals surface area (Å²) in [5.41, 5.74) is 0. The van der Waals surface area contributed by atoms with Crippen molar-refractivity contribution in [2.45, 2.75) is 218 Å². The van der Waals surface area contributed by atoms with Gasteiger partial charge in [-0.15, -0.1) is 0 Å². The molecule has 4 N–H and O–H groups in total. The molecule has 9 nitrogen and oxygen atoms in total. The van der Waals surface area contributed by atoms with Crippen molar-refractivity contribution in [1.29, 1.82) is 0 Å². The van der Waals surface area contributed by atoms with Gasteiger partial charge in [0.2, 0.25) is 0 Å². The van der Waals surface area contributed by atoms with Crippen molar-refractivity contribution in [1.82, 2.24) is 0 Å². The molecule has 0 spiro atoms. The second kappa shape index (κ2) is 45.3. The van der Waals surface area contributed by atoms with Gasteiger partial charge >= 0.3 is 5.97 Å². The Labute approximate surface area is 390 Å². The van der Waals surface area contributed by atoms with Gasteiger partial charge in [0.25, 0.3) is 0 Å². The molecule has 6 atom stereocenters. The number of aliphatic hydroxyl groups excluding tert-OH is 4. The van der Waals surface area contributed by atoms with Gasteiger partial charge in [-0.1, -0.05) is 175 Å². The molecule has 366 valence electrons. The van der Waals surface area contributed by atoms with E-state index in [-0.39, 0.29) is 19.2 Å². The monoisotopic (exact) mass is 897 g/mol. The van der Waals surface area contributed by atoms with Crippen LogP contribution in [0.25, 0.3) is 0 Å². The number of rotatable bonds is 42. The fourth-order valence-corrected chi connectivity index (χ4v) is 7.05. The van der Waals surface area contributed by atoms with Gasteiger partial charge in [-0.05, 0) is 96.3 Å². The maximum atomic E-state index is 12.8. The van der Waals surface area contributed by atoms with Crippen molar-refractivity contribution in [3.8, 4) is 0 Å². The maximum absolute atomic E-state index is 12.8. The molecule has 1 saturated heterocycles. The Hall–Kier alpha value is -2.89. The Kier molecular flexibility index (Phi) is 41.8. The van der Waals surface area contributed by atoms with Crippen LogP contribution in [-0.2, 0) is 23.7 Å². The van der Waals surface area contributed by atoms with Crippen LogP contribution in [0.4, 0.5) is 0 Å². The Bertz CT molecular complexity index is 1300. The number of carbonyl (C=O) groups is 1. The average molecular weight is 897 g/mol. The molecule has 0 aromatic heterocycles. The lowest BCUT2D eigenvalue weighted by Gasteiger charge is -2.39. The van der Waals surface area contributed by atoms with E-state index in [1.807, 2.05) is 0 Å². The van der Waals surface area contributed by atoms with Crippen molar-refractivity contribution in [3.63, 3.8) is 0 Å². The van der Waals surface area contributed by atoms with Crippen LogP contribution < -0.4 is 0 Å². The van der Waals surface area contributed by atoms with Crippen LogP contribution in [0, 0.1) is 0 Å². The topological polar surface area (TPSA) is 135 Å². The molecule has 0 aliphatic carbocycles. The number of carbonyl (C=O) groups excluding carboxylic acids is 1. The summed E-state index contributed by atoms with van der Waals surface area (Å²) in [4.78, 5) is 12.8. The van der Waals surface area contributed by atoms with Crippen LogP contribution in [-0.4, -0.2) is 89.6 Å². The number of allylic oxidation sites excluding steroid dienone is 16. The van der Waals surface area contributed by atoms with Crippen LogP contribution in [0.2, 0.25) is 0 Å². The zero-order valence-electron chi connectivity index (χ0n) is 40.2. The molecule has 1 rings (SSSR count). The first kappa shape index (κ1) is 59.1. The average Bonchev–Trinajstić information content (AvgIpc) is 3.30. The van der Waals surface area contributed by atoms with Gasteiger partial charge in [-0.2, -0.15) is 0 Å². The first-order chi connectivity index (χ1) is 31.4. The minimum absolute atomic E-state index is 0.118. The summed E-state index contributed by atoms with van der Waals surface area (Å²) >= 11 is 0. The van der Waals surface area contributed by atoms with Crippen LogP contribution in [0.1, 0.15) is 181 Å². The molecule has 0 amide bonds. The summed E-state index contributed by atoms with van der Waals surface area (Å²) < 4.78 is 22.8. The predicted molar refractivity (Wildman–Crippen MR) is 265 cm³/mol. The molecule has 1 aliphatic heterocycles. The standard InChI is InChI=1S/C55H92O9/c1-3-5-7-9-11-13-15-17-19-20-21-22-23-24-25-26-27-28-29-31-33-35-37-39-41-43-45-61-47-49(48-62-55-54(60)53(59)52(58)50(46-56)64-55)63-51(57)44-42-40-38-36-34-32-30-18-16-14-12-10-8-6-4-2/h5,7,11,13,17-19,21-22,24-25,27-28,30-31,33,49-50,52-56,58-60H,3-4,6,8-10,12,14-16,20,23,26,29,32,34-48H2,1-2H3/b7-5-,13-11-,19-17-,22-21-,25-24-,28-27-,30-18-,33-31-. The minimum Gasteiger partial charge on any atom is -0.457 e. The highest BCUT2D eigenvalue weighted by Crippen LogP contribution is 2.22. The van der Waals surface area contributed by atoms with Crippen LogP contribution in [0.3, 0.4) is 0 Å². The highest BCUT2D eigenvalue weighted by molar-refractivity contribution is 5.69. The summed E-state index contributed by atoms with van der Waals surface area (Å²) in [6.07, 6.45) is 55.8. The molecule has 1 heterocycles. The molecule has 9 heteroatoms. The molecule has 0 radical (unpaired) electrons. The molecule has 0 bridgehead atoms. The predicted octanol–water partition coefficient (Wildman–Crippen LogP) is 12.4. The third kappa shape index (κ3) is 35.4. The van der Waals surface area contributed by atoms with E-state index in [2.05, 4.69) is 111 Å². The van der Waals surface area contributed by atoms with Crippen LogP contribution >= 0.6 is 0 Å². The Morgan fingerprint density at radius 1 is 0.516 bits per heavy atom. The number of hydrogen-bond donors (Lipinski definition) is 4. The Morgan fingerprint density at radius 2 is 0.953 bits per heavy atom. The fourth-order valence-electron chi connectivity index (χ4n) is 7.05. The third-order valence-electron chi connectivity index (χ3n) is 11.0. The number of hydrogen-bond acceptors (Lipinski definition) is 9. The van der Waals surface area contributed by atoms with Gasteiger partial charge in [0.1, 0.15) is 30.5 Å². The lowest BCUT2D eigenvalue weighted by Crippen LogP contribution is -2.59. The second-order valence-electron chi connectivity index (χ2n) is 16.9. The van der Waals surface area contributed by atoms with Crippen molar-refractivity contribution in [2.24, 2.45) is 0 Å². The first-order valence-electron chi connectivity index (χ1n) is 25.3. The summed E-state index contributed by atoms with van der Waals surface area (Å²) in [5, 5.41) is 40.2. The summed E-state index contributed by atoms with van der Waals surface area (Å²) in [6.45, 7) is 4.35. The zero-order chi connectivity index (χ0) is 46.4. The van der Waals surface area contributed by atoms with Gasteiger partial charge in [0, 0.05) is 13.0 Å². The summed E-state index contributed by atoms with van der Waals surface area (Å²) in [5.74, 6) is -0.336. The van der Waals surface area contributed by atoms with Gasteiger partial charge in [-0.3, -0.25) is 4.79 Å². The highest BCUT2D eigenvalue weighted by Gasteiger charge is 2.44. The zero-order valence-corrected chi connectivity index (χ0v) is 40.2. The summed E-state index contributed by atoms with van der Waals surface area (Å²) in [6, 6.07) is 0. The van der Waals surface area contributed by atoms with Crippen molar-refractivity contribution < 1.29 is 44.2 Å². The van der Waals surface area contributed by atoms with E-state index >= 15 is 0 Å². The molecule has 6 unspecified atom stereocenters. The first-order valence-corrected chi connectivity index (χ1v) is 25.3. The lowest BCUT2D eigenvalue weighted by molar-refractivity contribution is -0.305. The van der Waals surface area contributed by atoms with E-state index in [0.717, 1.165) is 116 Å². The molecule has 0 aromatic carbocycles. The fraction of sp³-hybridized carbons (Fsp3) is 0.691. The van der Waals surface area contributed by atoms with E-state index in [9.17, 15) is 25.2 Å². The molecule has 1 aliphatic rings. The van der Waals surface area contributed by atoms with Crippen LogP contribution in [0.5, 0.6) is 0 Å². The van der Waals surface area contributed by atoms with Gasteiger partial charge in [-0.25, -0.2) is 0 Å². The number of aliphatic hydroxyl groups is 4. The normalized spacial score (nSPS) is 20.4. The van der Waals surface area contributed by atoms with E-state index in [1.165, 1.54) is 44.9 Å². The minimum atomic E-state index is -1.55. The van der Waals surface area contributed by atoms with E-state index in [0.29, 0.717) is 13.0 Å². The molecular weight excluding hydrogens is 805 g/mol. The Morgan fingerprint density at radius 3 is 1.45 bits per heavy atom. The van der Waals surface area contributed by atoms with Gasteiger partial charge in [0.05, 0.1) is 19.8 Å². The molecule has 0 aromatic rings. The van der Waals surface area contributed by atoms with Crippen LogP contribution in [0.15, 0.2) is 97.2 Å². The van der Waals surface area contributed by atoms with Crippen molar-refractivity contribution in [2.75, 3.05) is 26.4 Å². The number of esters is 1. The molecular formula is C55H92O9. The molecule has 64 heavy (non-hydrogen) atoms. The second-order valence-corrected chi connectivity index (χ2v) is 16.9. The van der Waals surface area contributed by atoms with Crippen molar-refractivity contribution in [3.05, 3.63) is 97.2 Å². The van der Waals surface area contributed by atoms with E-state index in [1.54, 1.807) is 0 Å². The third-order valence-corrected chi connectivity index (χ3v) is 11.0. The highest BCUT2D eigenvalue weighted by atomic mass is 16.7. The quantitative estimate of drug-likeness (QED) is 0.0268. The van der Waals surface area contributed by atoms with Crippen molar-refractivity contribution >= 4 is 5.97 Å². The van der Waals surface area contributed by atoms with Gasteiger partial charge < -0.3 is 39.4 Å². The SMILES string of the molecule is CC/C=C\C/C=C\C/C=C\C/C=C\C/C=C\C/C=C\C/C=C\CCCCCCOCC(COC1OC(CO)C(O)C(O)C1O)OC(=O)CCCCCCC/C=C\CCCCCCCC. The molecule has 1 fully saturated rings. The number of unbranched alkanes of at least 4 members (excludes halogenated alkanes) is 15. The summed E-state index contributed by atoms with van der Waals surface area (Å²) in [7, 11) is 0. The molecule has 0 saturated carbocycles. The lowest BCUT2D eigenvalue weighted by atomic mass is 9.99. The number of ether oxygens (including phenoxy) is 4. The largest absolute Gasteiger partial charge is 0.457 e.